The van der Waals surface area contributed by atoms with Crippen LogP contribution in [0, 0.1) is 5.92 Å². The molecule has 1 nitrogen and oxygen atoms in total. The third-order valence-corrected chi connectivity index (χ3v) is 4.48. The highest BCUT2D eigenvalue weighted by molar-refractivity contribution is 14.1. The van der Waals surface area contributed by atoms with Crippen LogP contribution in [-0.4, -0.2) is 29.0 Å². The Labute approximate surface area is 90.0 Å². The number of alkyl halides is 1. The molecule has 1 heterocycles. The molecule has 1 atom stereocenters. The van der Waals surface area contributed by atoms with E-state index in [1.54, 1.807) is 0 Å². The van der Waals surface area contributed by atoms with Crippen LogP contribution in [-0.2, 0) is 0 Å². The van der Waals surface area contributed by atoms with Crippen molar-refractivity contribution >= 4 is 22.6 Å². The van der Waals surface area contributed by atoms with Gasteiger partial charge in [0.25, 0.3) is 0 Å². The Kier molecular flexibility index (Phi) is 4.87. The van der Waals surface area contributed by atoms with Gasteiger partial charge in [-0.1, -0.05) is 35.9 Å². The van der Waals surface area contributed by atoms with E-state index in [-0.39, 0.29) is 0 Å². The molecular weight excluding hydrogens is 261 g/mol. The fourth-order valence-electron chi connectivity index (χ4n) is 1.90. The second kappa shape index (κ2) is 5.43. The van der Waals surface area contributed by atoms with Gasteiger partial charge in [-0.2, -0.15) is 0 Å². The first-order chi connectivity index (χ1) is 5.74. The molecule has 72 valence electrons. The maximum atomic E-state index is 2.65. The quantitative estimate of drug-likeness (QED) is 0.568. The molecule has 0 amide bonds. The maximum absolute atomic E-state index is 2.65. The molecule has 0 aromatic carbocycles. The average Bonchev–Trinajstić information content (AvgIpc) is 2.06. The molecule has 1 rings (SSSR count). The minimum atomic E-state index is 0.932. The molecule has 0 aromatic rings. The van der Waals surface area contributed by atoms with Gasteiger partial charge in [-0.15, -0.1) is 0 Å². The van der Waals surface area contributed by atoms with Crippen molar-refractivity contribution in [3.05, 3.63) is 0 Å². The molecule has 1 fully saturated rings. The molecule has 0 aromatic heterocycles. The van der Waals surface area contributed by atoms with Crippen molar-refractivity contribution < 1.29 is 0 Å². The summed E-state index contributed by atoms with van der Waals surface area (Å²) in [5, 5.41) is 0. The minimum absolute atomic E-state index is 0.932. The highest BCUT2D eigenvalue weighted by atomic mass is 127. The van der Waals surface area contributed by atoms with E-state index in [0.29, 0.717) is 0 Å². The zero-order valence-electron chi connectivity index (χ0n) is 8.22. The predicted octanol–water partition coefficient (Wildman–Crippen LogP) is 2.93. The van der Waals surface area contributed by atoms with E-state index in [1.165, 1.54) is 38.8 Å². The van der Waals surface area contributed by atoms with Crippen molar-refractivity contribution in [2.75, 3.05) is 20.1 Å². The third-order valence-electron chi connectivity index (χ3n) is 2.84. The summed E-state index contributed by atoms with van der Waals surface area (Å²) in [5.74, 6) is 1.00. The summed E-state index contributed by atoms with van der Waals surface area (Å²) in [5.41, 5.74) is 0. The van der Waals surface area contributed by atoms with Crippen LogP contribution in [0.15, 0.2) is 0 Å². The summed E-state index contributed by atoms with van der Waals surface area (Å²) in [7, 11) is 2.23. The molecule has 1 unspecified atom stereocenters. The highest BCUT2D eigenvalue weighted by Crippen LogP contribution is 2.27. The highest BCUT2D eigenvalue weighted by Gasteiger charge is 2.22. The molecular formula is C10H20IN. The number of hydrogen-bond donors (Lipinski definition) is 0. The largest absolute Gasteiger partial charge is 0.306 e. The first kappa shape index (κ1) is 10.8. The monoisotopic (exact) mass is 281 g/mol. The molecule has 0 radical (unpaired) electrons. The lowest BCUT2D eigenvalue weighted by molar-refractivity contribution is 0.217. The molecule has 0 bridgehead atoms. The number of hydrogen-bond acceptors (Lipinski definition) is 1. The van der Waals surface area contributed by atoms with E-state index in [0.717, 1.165) is 9.84 Å². The first-order valence-corrected chi connectivity index (χ1v) is 6.31. The van der Waals surface area contributed by atoms with Gasteiger partial charge >= 0.3 is 0 Å². The average molecular weight is 281 g/mol. The summed E-state index contributed by atoms with van der Waals surface area (Å²) < 4.78 is 0.932. The van der Waals surface area contributed by atoms with E-state index in [1.807, 2.05) is 0 Å². The second-order valence-electron chi connectivity index (χ2n) is 3.95. The van der Waals surface area contributed by atoms with Gasteiger partial charge < -0.3 is 4.90 Å². The lowest BCUT2D eigenvalue weighted by atomic mass is 9.92. The number of likely N-dealkylation sites (tertiary alicyclic amines) is 1. The Hall–Kier alpha value is 0.690. The predicted molar refractivity (Wildman–Crippen MR) is 62.9 cm³/mol. The maximum Gasteiger partial charge on any atom is 0.0139 e. The number of nitrogens with zero attached hydrogens (tertiary/aromatic N) is 1. The minimum Gasteiger partial charge on any atom is -0.306 e. The summed E-state index contributed by atoms with van der Waals surface area (Å²) in [6.45, 7) is 4.92. The van der Waals surface area contributed by atoms with E-state index < -0.39 is 0 Å². The molecule has 1 saturated heterocycles. The topological polar surface area (TPSA) is 3.24 Å². The lowest BCUT2D eigenvalue weighted by Gasteiger charge is -2.31. The van der Waals surface area contributed by atoms with Crippen LogP contribution in [0.1, 0.15) is 32.6 Å². The molecule has 2 heteroatoms. The normalized spacial score (nSPS) is 24.2. The van der Waals surface area contributed by atoms with Crippen LogP contribution in [0.3, 0.4) is 0 Å². The molecule has 0 spiro atoms. The second-order valence-corrected chi connectivity index (χ2v) is 5.55. The Balaban J connectivity index is 2.24. The molecule has 1 aliphatic rings. The Morgan fingerprint density at radius 3 is 2.50 bits per heavy atom. The van der Waals surface area contributed by atoms with Gasteiger partial charge in [0, 0.05) is 3.92 Å². The lowest BCUT2D eigenvalue weighted by Crippen LogP contribution is -2.33. The Morgan fingerprint density at radius 1 is 1.42 bits per heavy atom. The fourth-order valence-corrected chi connectivity index (χ4v) is 3.24. The van der Waals surface area contributed by atoms with Crippen LogP contribution in [0.2, 0.25) is 0 Å². The van der Waals surface area contributed by atoms with Gasteiger partial charge in [0.1, 0.15) is 0 Å². The molecule has 0 N–H and O–H groups in total. The molecule has 12 heavy (non-hydrogen) atoms. The van der Waals surface area contributed by atoms with Crippen molar-refractivity contribution in [3.8, 4) is 0 Å². The van der Waals surface area contributed by atoms with Gasteiger partial charge in [-0.05, 0) is 45.3 Å². The van der Waals surface area contributed by atoms with Crippen molar-refractivity contribution in [1.82, 2.24) is 4.90 Å². The smallest absolute Gasteiger partial charge is 0.0139 e. The van der Waals surface area contributed by atoms with E-state index in [9.17, 15) is 0 Å². The van der Waals surface area contributed by atoms with E-state index in [4.69, 9.17) is 0 Å². The fraction of sp³-hybridized carbons (Fsp3) is 1.00. The van der Waals surface area contributed by atoms with Gasteiger partial charge in [0.2, 0.25) is 0 Å². The number of piperidine rings is 1. The molecule has 1 aliphatic heterocycles. The first-order valence-electron chi connectivity index (χ1n) is 5.06. The van der Waals surface area contributed by atoms with Crippen LogP contribution >= 0.6 is 22.6 Å². The van der Waals surface area contributed by atoms with Crippen LogP contribution in [0.5, 0.6) is 0 Å². The van der Waals surface area contributed by atoms with Crippen molar-refractivity contribution in [3.63, 3.8) is 0 Å². The van der Waals surface area contributed by atoms with Crippen LogP contribution in [0.25, 0.3) is 0 Å². The third kappa shape index (κ3) is 3.21. The zero-order chi connectivity index (χ0) is 8.97. The Morgan fingerprint density at radius 2 is 2.00 bits per heavy atom. The van der Waals surface area contributed by atoms with Gasteiger partial charge in [0.15, 0.2) is 0 Å². The van der Waals surface area contributed by atoms with Crippen molar-refractivity contribution in [2.24, 2.45) is 5.92 Å². The molecule has 0 saturated carbocycles. The van der Waals surface area contributed by atoms with Crippen molar-refractivity contribution in [1.29, 1.82) is 0 Å². The van der Waals surface area contributed by atoms with Gasteiger partial charge in [-0.25, -0.2) is 0 Å². The zero-order valence-corrected chi connectivity index (χ0v) is 10.4. The summed E-state index contributed by atoms with van der Waals surface area (Å²) in [4.78, 5) is 2.45. The summed E-state index contributed by atoms with van der Waals surface area (Å²) in [6.07, 6.45) is 5.60. The van der Waals surface area contributed by atoms with E-state index >= 15 is 0 Å². The summed E-state index contributed by atoms with van der Waals surface area (Å²) in [6, 6.07) is 0. The molecule has 0 aliphatic carbocycles. The van der Waals surface area contributed by atoms with E-state index in [2.05, 4.69) is 41.5 Å². The van der Waals surface area contributed by atoms with Crippen LogP contribution in [0.4, 0.5) is 0 Å². The Bertz CT molecular complexity index is 119. The standard InChI is InChI=1S/C10H20IN/c1-3-4-10(11)9-5-7-12(2)8-6-9/h9-10H,3-8H2,1-2H3. The van der Waals surface area contributed by atoms with Gasteiger partial charge in [-0.3, -0.25) is 0 Å². The van der Waals surface area contributed by atoms with Crippen LogP contribution < -0.4 is 0 Å². The number of halogens is 1. The summed E-state index contributed by atoms with van der Waals surface area (Å²) >= 11 is 2.65. The SMILES string of the molecule is CCCC(I)C1CCN(C)CC1. The van der Waals surface area contributed by atoms with Gasteiger partial charge in [0.05, 0.1) is 0 Å². The number of rotatable bonds is 3. The van der Waals surface area contributed by atoms with Crippen molar-refractivity contribution in [2.45, 2.75) is 36.5 Å².